The molecule has 6 heteroatoms. The van der Waals surface area contributed by atoms with Gasteiger partial charge < -0.3 is 19.9 Å². The number of benzene rings is 1. The summed E-state index contributed by atoms with van der Waals surface area (Å²) in [6, 6.07) is 6.74. The first-order valence-corrected chi connectivity index (χ1v) is 8.84. The Bertz CT molecular complexity index is 534. The Kier molecular flexibility index (Phi) is 5.91. The highest BCUT2D eigenvalue weighted by Gasteiger charge is 2.20. The molecule has 1 atom stereocenters. The number of ether oxygens (including phenoxy) is 1. The molecule has 0 aromatic heterocycles. The minimum atomic E-state index is -0.187. The molecular weight excluding hydrogens is 307 g/mol. The molecule has 1 aromatic carbocycles. The molecule has 2 heterocycles. The molecule has 0 spiro atoms. The van der Waals surface area contributed by atoms with Crippen LogP contribution in [0.5, 0.6) is 0 Å². The highest BCUT2D eigenvalue weighted by molar-refractivity contribution is 5.80. The van der Waals surface area contributed by atoms with Gasteiger partial charge in [-0.3, -0.25) is 4.99 Å². The molecule has 0 radical (unpaired) electrons. The predicted octanol–water partition coefficient (Wildman–Crippen LogP) is 2.09. The topological polar surface area (TPSA) is 40.1 Å². The smallest absolute Gasteiger partial charge is 0.193 e. The second-order valence-electron chi connectivity index (χ2n) is 6.35. The molecule has 24 heavy (non-hydrogen) atoms. The highest BCUT2D eigenvalue weighted by atomic mass is 19.1. The third kappa shape index (κ3) is 4.38. The van der Waals surface area contributed by atoms with Crippen LogP contribution in [0.4, 0.5) is 10.1 Å². The van der Waals surface area contributed by atoms with Crippen molar-refractivity contribution in [2.24, 2.45) is 4.99 Å². The molecule has 0 bridgehead atoms. The molecule has 1 N–H and O–H groups in total. The van der Waals surface area contributed by atoms with E-state index in [-0.39, 0.29) is 5.82 Å². The van der Waals surface area contributed by atoms with Gasteiger partial charge in [-0.05, 0) is 43.5 Å². The van der Waals surface area contributed by atoms with E-state index in [1.807, 2.05) is 19.2 Å². The Morgan fingerprint density at radius 1 is 1.25 bits per heavy atom. The van der Waals surface area contributed by atoms with Crippen molar-refractivity contribution in [2.45, 2.75) is 25.4 Å². The summed E-state index contributed by atoms with van der Waals surface area (Å²) < 4.78 is 18.7. The number of nitrogens with one attached hydrogen (secondary N) is 1. The quantitative estimate of drug-likeness (QED) is 0.676. The molecule has 1 aromatic rings. The van der Waals surface area contributed by atoms with Crippen LogP contribution in [0.15, 0.2) is 29.3 Å². The zero-order valence-electron chi connectivity index (χ0n) is 14.4. The van der Waals surface area contributed by atoms with E-state index >= 15 is 0 Å². The average molecular weight is 334 g/mol. The first kappa shape index (κ1) is 17.0. The summed E-state index contributed by atoms with van der Waals surface area (Å²) in [5.74, 6) is 0.778. The zero-order valence-corrected chi connectivity index (χ0v) is 14.4. The monoisotopic (exact) mass is 334 g/mol. The number of halogens is 1. The molecule has 1 unspecified atom stereocenters. The lowest BCUT2D eigenvalue weighted by molar-refractivity contribution is 0.105. The molecule has 0 saturated carbocycles. The maximum atomic E-state index is 13.0. The molecule has 0 aliphatic carbocycles. The first-order valence-electron chi connectivity index (χ1n) is 8.84. The van der Waals surface area contributed by atoms with Gasteiger partial charge in [-0.1, -0.05) is 0 Å². The van der Waals surface area contributed by atoms with Crippen LogP contribution >= 0.6 is 0 Å². The number of rotatable bonds is 4. The molecule has 2 aliphatic heterocycles. The zero-order chi connectivity index (χ0) is 16.8. The van der Waals surface area contributed by atoms with Crippen molar-refractivity contribution >= 4 is 11.6 Å². The van der Waals surface area contributed by atoms with Crippen molar-refractivity contribution < 1.29 is 9.13 Å². The molecule has 132 valence electrons. The standard InChI is InChI=1S/C18H27FN4O/c1-20-18(21-9-8-17-3-2-14-24-17)23-12-10-22(11-13-23)16-6-4-15(19)5-7-16/h4-7,17H,2-3,8-14H2,1H3,(H,20,21). The summed E-state index contributed by atoms with van der Waals surface area (Å²) in [7, 11) is 1.83. The van der Waals surface area contributed by atoms with E-state index in [1.54, 1.807) is 0 Å². The molecule has 0 amide bonds. The highest BCUT2D eigenvalue weighted by Crippen LogP contribution is 2.17. The van der Waals surface area contributed by atoms with E-state index in [1.165, 1.54) is 25.0 Å². The lowest BCUT2D eigenvalue weighted by Crippen LogP contribution is -2.52. The lowest BCUT2D eigenvalue weighted by Gasteiger charge is -2.37. The van der Waals surface area contributed by atoms with E-state index in [0.717, 1.165) is 57.4 Å². The van der Waals surface area contributed by atoms with Crippen molar-refractivity contribution in [3.8, 4) is 0 Å². The number of hydrogen-bond donors (Lipinski definition) is 1. The van der Waals surface area contributed by atoms with Gasteiger partial charge in [-0.15, -0.1) is 0 Å². The summed E-state index contributed by atoms with van der Waals surface area (Å²) >= 11 is 0. The molecule has 3 rings (SSSR count). The van der Waals surface area contributed by atoms with Gasteiger partial charge in [0.05, 0.1) is 6.10 Å². The van der Waals surface area contributed by atoms with E-state index < -0.39 is 0 Å². The van der Waals surface area contributed by atoms with Crippen LogP contribution in [-0.2, 0) is 4.74 Å². The number of aliphatic imine (C=N–C) groups is 1. The van der Waals surface area contributed by atoms with Gasteiger partial charge in [0, 0.05) is 52.1 Å². The van der Waals surface area contributed by atoms with Crippen molar-refractivity contribution in [1.29, 1.82) is 0 Å². The van der Waals surface area contributed by atoms with E-state index in [2.05, 4.69) is 20.1 Å². The number of guanidine groups is 1. The Balaban J connectivity index is 1.44. The first-order chi connectivity index (χ1) is 11.8. The fourth-order valence-corrected chi connectivity index (χ4v) is 3.38. The van der Waals surface area contributed by atoms with Crippen molar-refractivity contribution in [2.75, 3.05) is 51.3 Å². The SMILES string of the molecule is CN=C(NCCC1CCCO1)N1CCN(c2ccc(F)cc2)CC1. The van der Waals surface area contributed by atoms with Gasteiger partial charge >= 0.3 is 0 Å². The van der Waals surface area contributed by atoms with Crippen molar-refractivity contribution in [3.63, 3.8) is 0 Å². The van der Waals surface area contributed by atoms with Crippen molar-refractivity contribution in [3.05, 3.63) is 30.1 Å². The van der Waals surface area contributed by atoms with Crippen LogP contribution in [0.2, 0.25) is 0 Å². The van der Waals surface area contributed by atoms with Crippen LogP contribution in [-0.4, -0.2) is 63.3 Å². The largest absolute Gasteiger partial charge is 0.378 e. The van der Waals surface area contributed by atoms with Crippen LogP contribution in [0, 0.1) is 5.82 Å². The number of piperazine rings is 1. The summed E-state index contributed by atoms with van der Waals surface area (Å²) in [5, 5.41) is 3.46. The summed E-state index contributed by atoms with van der Waals surface area (Å²) in [6.45, 7) is 5.46. The summed E-state index contributed by atoms with van der Waals surface area (Å²) in [5.41, 5.74) is 1.08. The van der Waals surface area contributed by atoms with Gasteiger partial charge in [0.15, 0.2) is 5.96 Å². The van der Waals surface area contributed by atoms with Gasteiger partial charge in [0.1, 0.15) is 5.82 Å². The van der Waals surface area contributed by atoms with Gasteiger partial charge in [0.25, 0.3) is 0 Å². The molecular formula is C18H27FN4O. The van der Waals surface area contributed by atoms with Gasteiger partial charge in [-0.25, -0.2) is 4.39 Å². The lowest BCUT2D eigenvalue weighted by atomic mass is 10.2. The van der Waals surface area contributed by atoms with E-state index in [4.69, 9.17) is 4.74 Å². The molecule has 2 fully saturated rings. The molecule has 5 nitrogen and oxygen atoms in total. The third-order valence-corrected chi connectivity index (χ3v) is 4.76. The maximum Gasteiger partial charge on any atom is 0.193 e. The maximum absolute atomic E-state index is 13.0. The average Bonchev–Trinajstić information content (AvgIpc) is 3.13. The Morgan fingerprint density at radius 2 is 2.00 bits per heavy atom. The second kappa shape index (κ2) is 8.33. The van der Waals surface area contributed by atoms with Gasteiger partial charge in [-0.2, -0.15) is 0 Å². The summed E-state index contributed by atoms with van der Waals surface area (Å²) in [4.78, 5) is 8.98. The molecule has 2 saturated heterocycles. The third-order valence-electron chi connectivity index (χ3n) is 4.76. The predicted molar refractivity (Wildman–Crippen MR) is 95.1 cm³/mol. The number of hydrogen-bond acceptors (Lipinski definition) is 3. The fraction of sp³-hybridized carbons (Fsp3) is 0.611. The Hall–Kier alpha value is -1.82. The van der Waals surface area contributed by atoms with Crippen LogP contribution in [0.1, 0.15) is 19.3 Å². The van der Waals surface area contributed by atoms with Crippen molar-refractivity contribution in [1.82, 2.24) is 10.2 Å². The normalized spacial score (nSPS) is 22.1. The number of anilines is 1. The summed E-state index contributed by atoms with van der Waals surface area (Å²) in [6.07, 6.45) is 3.81. The Labute approximate surface area is 143 Å². The van der Waals surface area contributed by atoms with Crippen LogP contribution < -0.4 is 10.2 Å². The van der Waals surface area contributed by atoms with Gasteiger partial charge in [0.2, 0.25) is 0 Å². The van der Waals surface area contributed by atoms with E-state index in [9.17, 15) is 4.39 Å². The number of nitrogens with zero attached hydrogens (tertiary/aromatic N) is 3. The minimum absolute atomic E-state index is 0.187. The minimum Gasteiger partial charge on any atom is -0.378 e. The fourth-order valence-electron chi connectivity index (χ4n) is 3.38. The molecule has 2 aliphatic rings. The van der Waals surface area contributed by atoms with Crippen LogP contribution in [0.25, 0.3) is 0 Å². The van der Waals surface area contributed by atoms with E-state index in [0.29, 0.717) is 6.10 Å². The second-order valence-corrected chi connectivity index (χ2v) is 6.35. The Morgan fingerprint density at radius 3 is 2.62 bits per heavy atom. The van der Waals surface area contributed by atoms with Crippen LogP contribution in [0.3, 0.4) is 0 Å².